The molecule has 0 saturated carbocycles. The third kappa shape index (κ3) is 1.59. The molecule has 0 atom stereocenters. The molecule has 1 aromatic carbocycles. The van der Waals surface area contributed by atoms with Crippen molar-refractivity contribution in [1.82, 2.24) is 0 Å². The molecule has 2 rings (SSSR count). The molecule has 0 unspecified atom stereocenters. The van der Waals surface area contributed by atoms with Gasteiger partial charge in [-0.2, -0.15) is 0 Å². The Hall–Kier alpha value is -1.48. The van der Waals surface area contributed by atoms with Crippen molar-refractivity contribution < 1.29 is 4.79 Å². The summed E-state index contributed by atoms with van der Waals surface area (Å²) >= 11 is 5.88. The van der Waals surface area contributed by atoms with Crippen molar-refractivity contribution in [2.45, 2.75) is 6.92 Å². The largest absolute Gasteiger partial charge is 0.290 e. The Morgan fingerprint density at radius 2 is 2.07 bits per heavy atom. The van der Waals surface area contributed by atoms with E-state index in [0.717, 1.165) is 11.1 Å². The Balaban J connectivity index is 2.44. The van der Waals surface area contributed by atoms with E-state index >= 15 is 0 Å². The lowest BCUT2D eigenvalue weighted by Crippen LogP contribution is -1.83. The summed E-state index contributed by atoms with van der Waals surface area (Å²) in [6.07, 6.45) is 1.41. The third-order valence-electron chi connectivity index (χ3n) is 1.97. The molecule has 14 heavy (non-hydrogen) atoms. The summed E-state index contributed by atoms with van der Waals surface area (Å²) in [5.41, 5.74) is 2.41. The van der Waals surface area contributed by atoms with Crippen molar-refractivity contribution in [2.75, 3.05) is 0 Å². The first kappa shape index (κ1) is 9.09. The summed E-state index contributed by atoms with van der Waals surface area (Å²) in [4.78, 5) is 10.8. The van der Waals surface area contributed by atoms with Crippen molar-refractivity contribution in [3.05, 3.63) is 40.4 Å². The average Bonchev–Trinajstić information content (AvgIpc) is 2.57. The standard InChI is InChI=1S/C10H7ClN2O/c1-6-4-7(2-3-8(6)11)9-5-10(14)13-12-9/h2-5H,1H3. The Bertz CT molecular complexity index is 463. The SMILES string of the molecule is Cc1cc(C2=CC(=O)N=N2)ccc1Cl. The van der Waals surface area contributed by atoms with Gasteiger partial charge in [0.05, 0.1) is 5.70 Å². The molecule has 0 radical (unpaired) electrons. The van der Waals surface area contributed by atoms with Gasteiger partial charge in [-0.3, -0.25) is 4.79 Å². The van der Waals surface area contributed by atoms with E-state index < -0.39 is 0 Å². The van der Waals surface area contributed by atoms with Crippen LogP contribution in [0.4, 0.5) is 0 Å². The maximum atomic E-state index is 10.8. The van der Waals surface area contributed by atoms with E-state index in [2.05, 4.69) is 10.2 Å². The molecule has 0 saturated heterocycles. The fourth-order valence-corrected chi connectivity index (χ4v) is 1.34. The average molecular weight is 207 g/mol. The van der Waals surface area contributed by atoms with Gasteiger partial charge in [0.25, 0.3) is 5.91 Å². The summed E-state index contributed by atoms with van der Waals surface area (Å²) in [5, 5.41) is 7.86. The molecule has 3 nitrogen and oxygen atoms in total. The highest BCUT2D eigenvalue weighted by molar-refractivity contribution is 6.31. The zero-order valence-electron chi connectivity index (χ0n) is 7.49. The van der Waals surface area contributed by atoms with Crippen LogP contribution in [0.15, 0.2) is 34.5 Å². The van der Waals surface area contributed by atoms with Crippen molar-refractivity contribution in [3.63, 3.8) is 0 Å². The van der Waals surface area contributed by atoms with Crippen LogP contribution < -0.4 is 0 Å². The van der Waals surface area contributed by atoms with Gasteiger partial charge >= 0.3 is 0 Å². The van der Waals surface area contributed by atoms with Gasteiger partial charge in [0.2, 0.25) is 0 Å². The number of halogens is 1. The lowest BCUT2D eigenvalue weighted by Gasteiger charge is -2.00. The molecule has 1 heterocycles. The van der Waals surface area contributed by atoms with Gasteiger partial charge in [-0.05, 0) is 24.6 Å². The number of nitrogens with zero attached hydrogens (tertiary/aromatic N) is 2. The summed E-state index contributed by atoms with van der Waals surface area (Å²) in [5.74, 6) is -0.312. The second-order valence-electron chi connectivity index (χ2n) is 3.03. The van der Waals surface area contributed by atoms with Crippen LogP contribution in [0.1, 0.15) is 11.1 Å². The number of amides is 1. The summed E-state index contributed by atoms with van der Waals surface area (Å²) in [7, 11) is 0. The first-order valence-corrected chi connectivity index (χ1v) is 4.48. The first-order valence-electron chi connectivity index (χ1n) is 4.11. The van der Waals surface area contributed by atoms with Gasteiger partial charge < -0.3 is 0 Å². The Morgan fingerprint density at radius 3 is 2.64 bits per heavy atom. The molecule has 1 amide bonds. The van der Waals surface area contributed by atoms with E-state index in [0.29, 0.717) is 10.7 Å². The Kier molecular flexibility index (Phi) is 2.17. The van der Waals surface area contributed by atoms with Crippen LogP contribution in [0.25, 0.3) is 5.70 Å². The smallest absolute Gasteiger partial charge is 0.266 e. The Labute approximate surface area is 86.1 Å². The molecule has 1 aliphatic rings. The van der Waals surface area contributed by atoms with Gasteiger partial charge in [0.1, 0.15) is 0 Å². The van der Waals surface area contributed by atoms with Crippen LogP contribution in [0, 0.1) is 6.92 Å². The van der Waals surface area contributed by atoms with Crippen molar-refractivity contribution >= 4 is 23.2 Å². The van der Waals surface area contributed by atoms with Gasteiger partial charge in [-0.15, -0.1) is 10.2 Å². The molecule has 0 aromatic heterocycles. The topological polar surface area (TPSA) is 41.8 Å². The summed E-state index contributed by atoms with van der Waals surface area (Å²) in [6.45, 7) is 1.90. The lowest BCUT2D eigenvalue weighted by atomic mass is 10.1. The molecule has 0 N–H and O–H groups in total. The van der Waals surface area contributed by atoms with E-state index in [9.17, 15) is 4.79 Å². The van der Waals surface area contributed by atoms with Crippen LogP contribution in [0.5, 0.6) is 0 Å². The predicted molar refractivity (Wildman–Crippen MR) is 54.0 cm³/mol. The number of hydrogen-bond acceptors (Lipinski definition) is 2. The molecular weight excluding hydrogens is 200 g/mol. The highest BCUT2D eigenvalue weighted by Gasteiger charge is 2.10. The van der Waals surface area contributed by atoms with Crippen LogP contribution in [-0.2, 0) is 4.79 Å². The minimum atomic E-state index is -0.312. The number of carbonyl (C=O) groups excluding carboxylic acids is 1. The van der Waals surface area contributed by atoms with Crippen molar-refractivity contribution in [2.24, 2.45) is 10.2 Å². The maximum absolute atomic E-state index is 10.8. The fraction of sp³-hybridized carbons (Fsp3) is 0.100. The van der Waals surface area contributed by atoms with Gasteiger partial charge in [0.15, 0.2) is 0 Å². The molecule has 0 bridgehead atoms. The van der Waals surface area contributed by atoms with E-state index in [4.69, 9.17) is 11.6 Å². The second-order valence-corrected chi connectivity index (χ2v) is 3.44. The number of hydrogen-bond donors (Lipinski definition) is 0. The zero-order chi connectivity index (χ0) is 10.1. The number of aryl methyl sites for hydroxylation is 1. The molecular formula is C10H7ClN2O. The van der Waals surface area contributed by atoms with E-state index in [1.54, 1.807) is 6.07 Å². The normalized spacial score (nSPS) is 14.7. The van der Waals surface area contributed by atoms with E-state index in [-0.39, 0.29) is 5.91 Å². The minimum absolute atomic E-state index is 0.312. The van der Waals surface area contributed by atoms with Crippen molar-refractivity contribution in [1.29, 1.82) is 0 Å². The molecule has 70 valence electrons. The van der Waals surface area contributed by atoms with Crippen molar-refractivity contribution in [3.8, 4) is 0 Å². The van der Waals surface area contributed by atoms with Crippen LogP contribution in [0.2, 0.25) is 5.02 Å². The molecule has 0 spiro atoms. The van der Waals surface area contributed by atoms with Gasteiger partial charge in [-0.1, -0.05) is 17.7 Å². The number of carbonyl (C=O) groups is 1. The van der Waals surface area contributed by atoms with Crippen LogP contribution >= 0.6 is 11.6 Å². The number of rotatable bonds is 1. The monoisotopic (exact) mass is 206 g/mol. The second kappa shape index (κ2) is 3.35. The van der Waals surface area contributed by atoms with E-state index in [1.807, 2.05) is 19.1 Å². The maximum Gasteiger partial charge on any atom is 0.290 e. The molecule has 0 aliphatic carbocycles. The highest BCUT2D eigenvalue weighted by Crippen LogP contribution is 2.24. The lowest BCUT2D eigenvalue weighted by molar-refractivity contribution is -0.113. The number of azo groups is 1. The summed E-state index contributed by atoms with van der Waals surface area (Å²) < 4.78 is 0. The predicted octanol–water partition coefficient (Wildman–Crippen LogP) is 2.98. The first-order chi connectivity index (χ1) is 6.66. The molecule has 0 fully saturated rings. The quantitative estimate of drug-likeness (QED) is 0.697. The van der Waals surface area contributed by atoms with Crippen LogP contribution in [0.3, 0.4) is 0 Å². The molecule has 1 aromatic rings. The highest BCUT2D eigenvalue weighted by atomic mass is 35.5. The van der Waals surface area contributed by atoms with Gasteiger partial charge in [-0.25, -0.2) is 0 Å². The summed E-state index contributed by atoms with van der Waals surface area (Å²) in [6, 6.07) is 5.48. The zero-order valence-corrected chi connectivity index (χ0v) is 8.25. The van der Waals surface area contributed by atoms with E-state index in [1.165, 1.54) is 6.08 Å². The third-order valence-corrected chi connectivity index (χ3v) is 2.39. The minimum Gasteiger partial charge on any atom is -0.266 e. The van der Waals surface area contributed by atoms with Crippen LogP contribution in [-0.4, -0.2) is 5.91 Å². The fourth-order valence-electron chi connectivity index (χ4n) is 1.22. The van der Waals surface area contributed by atoms with Gasteiger partial charge in [0, 0.05) is 16.7 Å². The Morgan fingerprint density at radius 1 is 1.29 bits per heavy atom. The molecule has 4 heteroatoms. The molecule has 1 aliphatic heterocycles. The number of benzene rings is 1.